The molecule has 0 radical (unpaired) electrons. The SMILES string of the molecule is COC(=O)C(=CNC(C(=O)OC)c1ccc(F)cc1F)C(=O)OC. The lowest BCUT2D eigenvalue weighted by Crippen LogP contribution is -2.29. The molecule has 1 aromatic carbocycles. The number of benzene rings is 1. The van der Waals surface area contributed by atoms with Crippen molar-refractivity contribution in [1.29, 1.82) is 0 Å². The summed E-state index contributed by atoms with van der Waals surface area (Å²) in [5, 5.41) is 2.38. The van der Waals surface area contributed by atoms with Gasteiger partial charge in [0.25, 0.3) is 0 Å². The number of carbonyl (C=O) groups is 3. The Morgan fingerprint density at radius 3 is 2.08 bits per heavy atom. The standard InChI is InChI=1S/C15H15F2NO6/c1-22-13(19)10(14(20)23-2)7-18-12(15(21)24-3)9-5-4-8(16)6-11(9)17/h4-7,12,18H,1-3H3. The number of ether oxygens (including phenoxy) is 3. The molecule has 0 saturated heterocycles. The summed E-state index contributed by atoms with van der Waals surface area (Å²) in [6.45, 7) is 0. The van der Waals surface area contributed by atoms with Crippen molar-refractivity contribution in [2.45, 2.75) is 6.04 Å². The fourth-order valence-corrected chi connectivity index (χ4v) is 1.73. The van der Waals surface area contributed by atoms with Crippen LogP contribution in [-0.4, -0.2) is 39.2 Å². The Labute approximate surface area is 136 Å². The van der Waals surface area contributed by atoms with E-state index in [1.54, 1.807) is 0 Å². The molecule has 24 heavy (non-hydrogen) atoms. The number of carbonyl (C=O) groups excluding carboxylic acids is 3. The minimum Gasteiger partial charge on any atom is -0.467 e. The van der Waals surface area contributed by atoms with Crippen molar-refractivity contribution in [2.75, 3.05) is 21.3 Å². The Balaban J connectivity index is 3.22. The van der Waals surface area contributed by atoms with Gasteiger partial charge in [0.15, 0.2) is 11.6 Å². The van der Waals surface area contributed by atoms with E-state index in [0.717, 1.165) is 39.7 Å². The Hall–Kier alpha value is -2.97. The molecule has 0 heterocycles. The average molecular weight is 343 g/mol. The maximum absolute atomic E-state index is 13.9. The van der Waals surface area contributed by atoms with Crippen LogP contribution in [0.5, 0.6) is 0 Å². The molecule has 0 amide bonds. The third kappa shape index (κ3) is 4.51. The van der Waals surface area contributed by atoms with Crippen LogP contribution in [0.3, 0.4) is 0 Å². The molecule has 1 N–H and O–H groups in total. The number of nitrogens with one attached hydrogen (secondary N) is 1. The summed E-state index contributed by atoms with van der Waals surface area (Å²) < 4.78 is 40.2. The van der Waals surface area contributed by atoms with Gasteiger partial charge < -0.3 is 19.5 Å². The molecule has 0 spiro atoms. The summed E-state index contributed by atoms with van der Waals surface area (Å²) >= 11 is 0. The molecule has 0 saturated carbocycles. The highest BCUT2D eigenvalue weighted by atomic mass is 19.1. The molecule has 0 bridgehead atoms. The molecule has 1 rings (SSSR count). The van der Waals surface area contributed by atoms with Gasteiger partial charge in [0, 0.05) is 17.8 Å². The summed E-state index contributed by atoms with van der Waals surface area (Å²) in [6, 6.07) is 1.13. The van der Waals surface area contributed by atoms with Crippen LogP contribution < -0.4 is 5.32 Å². The molecule has 0 aliphatic heterocycles. The van der Waals surface area contributed by atoms with E-state index in [4.69, 9.17) is 0 Å². The smallest absolute Gasteiger partial charge is 0.346 e. The van der Waals surface area contributed by atoms with Gasteiger partial charge in [-0.2, -0.15) is 0 Å². The first-order chi connectivity index (χ1) is 11.3. The number of halogens is 2. The summed E-state index contributed by atoms with van der Waals surface area (Å²) in [5.74, 6) is -4.83. The van der Waals surface area contributed by atoms with Gasteiger partial charge >= 0.3 is 17.9 Å². The normalized spacial score (nSPS) is 11.0. The maximum atomic E-state index is 13.9. The van der Waals surface area contributed by atoms with Crippen LogP contribution in [0.25, 0.3) is 0 Å². The first kappa shape index (κ1) is 19.1. The van der Waals surface area contributed by atoms with Gasteiger partial charge in [-0.3, -0.25) is 0 Å². The first-order valence-corrected chi connectivity index (χ1v) is 6.51. The van der Waals surface area contributed by atoms with Crippen LogP contribution in [-0.2, 0) is 28.6 Å². The van der Waals surface area contributed by atoms with Crippen LogP contribution in [0.15, 0.2) is 30.0 Å². The largest absolute Gasteiger partial charge is 0.467 e. The zero-order valence-electron chi connectivity index (χ0n) is 13.1. The predicted octanol–water partition coefficient (Wildman–Crippen LogP) is 0.998. The Bertz CT molecular complexity index is 656. The zero-order valence-corrected chi connectivity index (χ0v) is 13.1. The molecule has 9 heteroatoms. The quantitative estimate of drug-likeness (QED) is 0.271. The third-order valence-electron chi connectivity index (χ3n) is 2.92. The fraction of sp³-hybridized carbons (Fsp3) is 0.267. The average Bonchev–Trinajstić information content (AvgIpc) is 2.58. The van der Waals surface area contributed by atoms with Crippen molar-refractivity contribution in [3.05, 3.63) is 47.2 Å². The fourth-order valence-electron chi connectivity index (χ4n) is 1.73. The number of rotatable bonds is 6. The lowest BCUT2D eigenvalue weighted by Gasteiger charge is -2.16. The molecular formula is C15H15F2NO6. The van der Waals surface area contributed by atoms with Crippen LogP contribution in [0, 0.1) is 11.6 Å². The van der Waals surface area contributed by atoms with Crippen LogP contribution in [0.2, 0.25) is 0 Å². The third-order valence-corrected chi connectivity index (χ3v) is 2.92. The Morgan fingerprint density at radius 1 is 1.04 bits per heavy atom. The second-order valence-electron chi connectivity index (χ2n) is 4.33. The maximum Gasteiger partial charge on any atom is 0.346 e. The molecule has 7 nitrogen and oxygen atoms in total. The molecule has 0 aromatic heterocycles. The Kier molecular flexibility index (Phi) is 6.84. The van der Waals surface area contributed by atoms with Crippen molar-refractivity contribution < 1.29 is 37.4 Å². The van der Waals surface area contributed by atoms with E-state index in [9.17, 15) is 23.2 Å². The molecule has 1 atom stereocenters. The van der Waals surface area contributed by atoms with Crippen LogP contribution in [0.4, 0.5) is 8.78 Å². The number of esters is 3. The van der Waals surface area contributed by atoms with Crippen molar-refractivity contribution in [2.24, 2.45) is 0 Å². The van der Waals surface area contributed by atoms with Gasteiger partial charge in [0.05, 0.1) is 21.3 Å². The molecule has 0 aliphatic carbocycles. The van der Waals surface area contributed by atoms with Gasteiger partial charge in [-0.1, -0.05) is 6.07 Å². The van der Waals surface area contributed by atoms with Crippen molar-refractivity contribution >= 4 is 17.9 Å². The number of hydrogen-bond donors (Lipinski definition) is 1. The number of methoxy groups -OCH3 is 3. The first-order valence-electron chi connectivity index (χ1n) is 6.51. The van der Waals surface area contributed by atoms with Gasteiger partial charge in [0.1, 0.15) is 11.6 Å². The van der Waals surface area contributed by atoms with E-state index in [0.29, 0.717) is 6.07 Å². The minimum absolute atomic E-state index is 0.242. The molecule has 130 valence electrons. The van der Waals surface area contributed by atoms with Crippen molar-refractivity contribution in [3.63, 3.8) is 0 Å². The minimum atomic E-state index is -1.43. The zero-order chi connectivity index (χ0) is 18.3. The monoisotopic (exact) mass is 343 g/mol. The summed E-state index contributed by atoms with van der Waals surface area (Å²) in [7, 11) is 3.14. The lowest BCUT2D eigenvalue weighted by atomic mass is 10.1. The van der Waals surface area contributed by atoms with E-state index >= 15 is 0 Å². The second kappa shape index (κ2) is 8.61. The van der Waals surface area contributed by atoms with Gasteiger partial charge in [0.2, 0.25) is 0 Å². The molecule has 1 aromatic rings. The lowest BCUT2D eigenvalue weighted by molar-refractivity contribution is -0.145. The Morgan fingerprint density at radius 2 is 1.62 bits per heavy atom. The predicted molar refractivity (Wildman–Crippen MR) is 76.4 cm³/mol. The highest BCUT2D eigenvalue weighted by molar-refractivity contribution is 6.13. The van der Waals surface area contributed by atoms with Gasteiger partial charge in [-0.25, -0.2) is 23.2 Å². The van der Waals surface area contributed by atoms with Crippen molar-refractivity contribution in [3.8, 4) is 0 Å². The van der Waals surface area contributed by atoms with E-state index in [2.05, 4.69) is 19.5 Å². The van der Waals surface area contributed by atoms with Crippen LogP contribution >= 0.6 is 0 Å². The van der Waals surface area contributed by atoms with Crippen molar-refractivity contribution in [1.82, 2.24) is 5.32 Å². The van der Waals surface area contributed by atoms with Crippen LogP contribution in [0.1, 0.15) is 11.6 Å². The van der Waals surface area contributed by atoms with E-state index in [1.165, 1.54) is 0 Å². The topological polar surface area (TPSA) is 90.9 Å². The van der Waals surface area contributed by atoms with E-state index in [1.807, 2.05) is 0 Å². The second-order valence-corrected chi connectivity index (χ2v) is 4.33. The summed E-state index contributed by atoms with van der Waals surface area (Å²) in [5.41, 5.74) is -0.801. The summed E-state index contributed by atoms with van der Waals surface area (Å²) in [6.07, 6.45) is 0.835. The molecule has 0 aliphatic rings. The molecular weight excluding hydrogens is 328 g/mol. The molecule has 0 fully saturated rings. The summed E-state index contributed by atoms with van der Waals surface area (Å²) in [4.78, 5) is 34.9. The molecule has 1 unspecified atom stereocenters. The van der Waals surface area contributed by atoms with E-state index in [-0.39, 0.29) is 5.56 Å². The van der Waals surface area contributed by atoms with E-state index < -0.39 is 41.2 Å². The van der Waals surface area contributed by atoms with Gasteiger partial charge in [-0.05, 0) is 6.07 Å². The highest BCUT2D eigenvalue weighted by Crippen LogP contribution is 2.20. The number of hydrogen-bond acceptors (Lipinski definition) is 7. The van der Waals surface area contributed by atoms with Gasteiger partial charge in [-0.15, -0.1) is 0 Å². The highest BCUT2D eigenvalue weighted by Gasteiger charge is 2.26.